The van der Waals surface area contributed by atoms with Gasteiger partial charge in [0.25, 0.3) is 10.1 Å². The molecule has 13 atom stereocenters. The molecule has 4 aliphatic carbocycles. The Balaban J connectivity index is 1.30. The second-order valence-corrected chi connectivity index (χ2v) is 16.2. The SMILES string of the molecule is CC[C@H]1[C@@H](O)[C@@H]2[C@H](C[C@H](O)[C@]3(C)[C@@H]([C@H](C)CCC(=O)N4CC[C@@H](S(=O)(=O)O)C4)CC[C@@H]23)[C@@]2(C)CC[C@@H](O)C[C@@H]12. The molecule has 0 spiro atoms. The zero-order valence-electron chi connectivity index (χ0n) is 24.2. The van der Waals surface area contributed by atoms with Gasteiger partial charge in [-0.1, -0.05) is 34.1 Å². The first-order valence-corrected chi connectivity index (χ1v) is 17.0. The molecule has 0 aromatic heterocycles. The molecule has 39 heavy (non-hydrogen) atoms. The lowest BCUT2D eigenvalue weighted by Gasteiger charge is -2.65. The summed E-state index contributed by atoms with van der Waals surface area (Å²) in [7, 11) is -4.13. The largest absolute Gasteiger partial charge is 0.393 e. The molecule has 5 rings (SSSR count). The molecule has 1 amide bonds. The maximum Gasteiger partial charge on any atom is 0.269 e. The zero-order chi connectivity index (χ0) is 28.5. The highest BCUT2D eigenvalue weighted by Gasteiger charge is 2.67. The standard InChI is InChI=1S/C30H51NO7S/c1-5-20-23-14-18(32)10-12-29(23,3)24-15-25(33)30(4)21(7-8-22(30)27(24)28(20)35)17(2)6-9-26(34)31-13-11-19(16-31)39(36,37)38/h17-25,27-28,32-33,35H,5-16H2,1-4H3,(H,36,37,38)/t17-,18-,19-,20-,21-,22+,23+,24+,25+,27+,28-,29+,30-/m1/s1. The molecule has 0 radical (unpaired) electrons. The first-order valence-electron chi connectivity index (χ1n) is 15.5. The molecule has 9 heteroatoms. The van der Waals surface area contributed by atoms with E-state index in [4.69, 9.17) is 0 Å². The van der Waals surface area contributed by atoms with Gasteiger partial charge in [0.05, 0.1) is 18.3 Å². The molecule has 4 N–H and O–H groups in total. The number of fused-ring (bicyclic) bond motifs is 5. The molecule has 1 aliphatic heterocycles. The topological polar surface area (TPSA) is 135 Å². The lowest BCUT2D eigenvalue weighted by atomic mass is 9.41. The van der Waals surface area contributed by atoms with Crippen LogP contribution in [0.3, 0.4) is 0 Å². The third-order valence-electron chi connectivity index (χ3n) is 13.0. The van der Waals surface area contributed by atoms with Crippen molar-refractivity contribution in [3.05, 3.63) is 0 Å². The summed E-state index contributed by atoms with van der Waals surface area (Å²) in [6, 6.07) is 0. The van der Waals surface area contributed by atoms with Crippen molar-refractivity contribution in [1.82, 2.24) is 4.90 Å². The van der Waals surface area contributed by atoms with Crippen molar-refractivity contribution in [3.63, 3.8) is 0 Å². The van der Waals surface area contributed by atoms with Crippen LogP contribution < -0.4 is 0 Å². The summed E-state index contributed by atoms with van der Waals surface area (Å²) >= 11 is 0. The van der Waals surface area contributed by atoms with Gasteiger partial charge < -0.3 is 20.2 Å². The third-order valence-corrected chi connectivity index (χ3v) is 14.2. The Hall–Kier alpha value is -0.740. The summed E-state index contributed by atoms with van der Waals surface area (Å²) in [6.07, 6.45) is 6.19. The highest BCUT2D eigenvalue weighted by atomic mass is 32.2. The summed E-state index contributed by atoms with van der Waals surface area (Å²) in [5, 5.41) is 33.3. The molecule has 0 bridgehead atoms. The Kier molecular flexibility index (Phi) is 8.02. The second kappa shape index (κ2) is 10.5. The Morgan fingerprint density at radius 2 is 1.74 bits per heavy atom. The van der Waals surface area contributed by atoms with Crippen molar-refractivity contribution in [2.45, 2.75) is 115 Å². The molecule has 1 heterocycles. The normalized spacial score (nSPS) is 48.8. The van der Waals surface area contributed by atoms with Crippen LogP contribution in [0.15, 0.2) is 0 Å². The van der Waals surface area contributed by atoms with E-state index < -0.39 is 27.6 Å². The molecule has 8 nitrogen and oxygen atoms in total. The molecule has 0 unspecified atom stereocenters. The van der Waals surface area contributed by atoms with E-state index in [-0.39, 0.29) is 77.2 Å². The number of carbonyl (C=O) groups excluding carboxylic acids is 1. The number of rotatable bonds is 6. The first-order chi connectivity index (χ1) is 18.2. The molecule has 4 saturated carbocycles. The lowest BCUT2D eigenvalue weighted by Crippen LogP contribution is -2.65. The van der Waals surface area contributed by atoms with Crippen LogP contribution in [0.4, 0.5) is 0 Å². The second-order valence-electron chi connectivity index (χ2n) is 14.5. The van der Waals surface area contributed by atoms with Crippen molar-refractivity contribution < 1.29 is 33.1 Å². The Bertz CT molecular complexity index is 1040. The van der Waals surface area contributed by atoms with Gasteiger partial charge >= 0.3 is 0 Å². The molecule has 5 fully saturated rings. The average molecular weight is 570 g/mol. The van der Waals surface area contributed by atoms with E-state index in [0.29, 0.717) is 25.8 Å². The average Bonchev–Trinajstić information content (AvgIpc) is 3.51. The van der Waals surface area contributed by atoms with E-state index in [1.54, 1.807) is 4.90 Å². The van der Waals surface area contributed by atoms with Crippen LogP contribution in [-0.4, -0.2) is 75.7 Å². The number of aliphatic hydroxyl groups is 3. The van der Waals surface area contributed by atoms with Gasteiger partial charge in [-0.2, -0.15) is 8.42 Å². The van der Waals surface area contributed by atoms with Crippen molar-refractivity contribution in [3.8, 4) is 0 Å². The van der Waals surface area contributed by atoms with Gasteiger partial charge in [0.1, 0.15) is 5.25 Å². The van der Waals surface area contributed by atoms with Gasteiger partial charge in [-0.3, -0.25) is 9.35 Å². The number of nitrogens with zero attached hydrogens (tertiary/aromatic N) is 1. The smallest absolute Gasteiger partial charge is 0.269 e. The van der Waals surface area contributed by atoms with Gasteiger partial charge in [-0.15, -0.1) is 0 Å². The number of hydrogen-bond donors (Lipinski definition) is 4. The number of amides is 1. The van der Waals surface area contributed by atoms with Crippen molar-refractivity contribution in [2.24, 2.45) is 52.3 Å². The minimum absolute atomic E-state index is 0.0257. The lowest BCUT2D eigenvalue weighted by molar-refractivity contribution is -0.228. The molecule has 1 saturated heterocycles. The van der Waals surface area contributed by atoms with E-state index in [1.165, 1.54) is 0 Å². The van der Waals surface area contributed by atoms with Gasteiger partial charge in [-0.05, 0) is 104 Å². The fourth-order valence-electron chi connectivity index (χ4n) is 10.8. The Morgan fingerprint density at radius 1 is 1.03 bits per heavy atom. The van der Waals surface area contributed by atoms with Gasteiger partial charge in [0.15, 0.2) is 0 Å². The molecule has 224 valence electrons. The minimum atomic E-state index is -4.13. The van der Waals surface area contributed by atoms with E-state index >= 15 is 0 Å². The Labute approximate surface area is 234 Å². The maximum absolute atomic E-state index is 12.9. The summed E-state index contributed by atoms with van der Waals surface area (Å²) < 4.78 is 32.3. The van der Waals surface area contributed by atoms with E-state index in [1.807, 2.05) is 0 Å². The quantitative estimate of drug-likeness (QED) is 0.360. The molecule has 0 aromatic carbocycles. The Morgan fingerprint density at radius 3 is 2.38 bits per heavy atom. The van der Waals surface area contributed by atoms with Gasteiger partial charge in [0, 0.05) is 19.5 Å². The van der Waals surface area contributed by atoms with E-state index in [0.717, 1.165) is 38.5 Å². The highest BCUT2D eigenvalue weighted by Crippen LogP contribution is 2.69. The van der Waals surface area contributed by atoms with E-state index in [2.05, 4.69) is 27.7 Å². The van der Waals surface area contributed by atoms with Crippen LogP contribution in [-0.2, 0) is 14.9 Å². The predicted molar refractivity (Wildman–Crippen MR) is 148 cm³/mol. The maximum atomic E-state index is 12.9. The van der Waals surface area contributed by atoms with Crippen LogP contribution in [0, 0.1) is 52.3 Å². The summed E-state index contributed by atoms with van der Waals surface area (Å²) in [5.41, 5.74) is -0.290. The monoisotopic (exact) mass is 569 g/mol. The fraction of sp³-hybridized carbons (Fsp3) is 0.967. The number of hydrogen-bond acceptors (Lipinski definition) is 6. The van der Waals surface area contributed by atoms with Crippen LogP contribution >= 0.6 is 0 Å². The first kappa shape index (κ1) is 29.7. The number of aliphatic hydroxyl groups excluding tert-OH is 3. The summed E-state index contributed by atoms with van der Waals surface area (Å²) in [4.78, 5) is 14.5. The molecule has 5 aliphatic rings. The van der Waals surface area contributed by atoms with Crippen molar-refractivity contribution >= 4 is 16.0 Å². The molecule has 0 aromatic rings. The fourth-order valence-corrected chi connectivity index (χ4v) is 11.6. The van der Waals surface area contributed by atoms with Crippen LogP contribution in [0.2, 0.25) is 0 Å². The molecular formula is C30H51NO7S. The summed E-state index contributed by atoms with van der Waals surface area (Å²) in [5.74, 6) is 1.50. The number of likely N-dealkylation sites (tertiary alicyclic amines) is 1. The van der Waals surface area contributed by atoms with Gasteiger partial charge in [0.2, 0.25) is 5.91 Å². The van der Waals surface area contributed by atoms with Crippen LogP contribution in [0.25, 0.3) is 0 Å². The van der Waals surface area contributed by atoms with Gasteiger partial charge in [-0.25, -0.2) is 0 Å². The van der Waals surface area contributed by atoms with Crippen LogP contribution in [0.1, 0.15) is 91.9 Å². The predicted octanol–water partition coefficient (Wildman–Crippen LogP) is 3.49. The van der Waals surface area contributed by atoms with Crippen molar-refractivity contribution in [1.29, 1.82) is 0 Å². The highest BCUT2D eigenvalue weighted by molar-refractivity contribution is 7.86. The zero-order valence-corrected chi connectivity index (χ0v) is 25.0. The number of carbonyl (C=O) groups is 1. The van der Waals surface area contributed by atoms with Crippen molar-refractivity contribution in [2.75, 3.05) is 13.1 Å². The molecular weight excluding hydrogens is 518 g/mol. The minimum Gasteiger partial charge on any atom is -0.393 e. The third kappa shape index (κ3) is 4.80. The van der Waals surface area contributed by atoms with Crippen LogP contribution in [0.5, 0.6) is 0 Å². The summed E-state index contributed by atoms with van der Waals surface area (Å²) in [6.45, 7) is 9.37. The van der Waals surface area contributed by atoms with E-state index in [9.17, 15) is 33.1 Å².